The summed E-state index contributed by atoms with van der Waals surface area (Å²) in [6, 6.07) is 21.8. The highest BCUT2D eigenvalue weighted by molar-refractivity contribution is 5.58. The molecule has 0 bridgehead atoms. The molecule has 0 saturated heterocycles. The van der Waals surface area contributed by atoms with Crippen molar-refractivity contribution >= 4 is 0 Å². The number of hydrogen-bond acceptors (Lipinski definition) is 6. The molecule has 7 nitrogen and oxygen atoms in total. The summed E-state index contributed by atoms with van der Waals surface area (Å²) in [6.45, 7) is 2.14. The van der Waals surface area contributed by atoms with Crippen LogP contribution in [0, 0.1) is 0 Å². The molecule has 0 saturated carbocycles. The summed E-state index contributed by atoms with van der Waals surface area (Å²) in [6.07, 6.45) is 0.923. The van der Waals surface area contributed by atoms with Crippen LogP contribution in [-0.2, 0) is 6.54 Å². The van der Waals surface area contributed by atoms with Gasteiger partial charge in [-0.15, -0.1) is 5.10 Å². The van der Waals surface area contributed by atoms with E-state index in [1.807, 2.05) is 73.4 Å². The van der Waals surface area contributed by atoms with Crippen LogP contribution in [0.2, 0.25) is 0 Å². The Morgan fingerprint density at radius 3 is 2.47 bits per heavy atom. The molecule has 2 heterocycles. The van der Waals surface area contributed by atoms with Crippen molar-refractivity contribution in [2.75, 3.05) is 27.2 Å². The van der Waals surface area contributed by atoms with E-state index >= 15 is 0 Å². The van der Waals surface area contributed by atoms with Gasteiger partial charge >= 0.3 is 0 Å². The zero-order chi connectivity index (χ0) is 20.8. The molecule has 0 aliphatic heterocycles. The van der Waals surface area contributed by atoms with Gasteiger partial charge in [-0.05, 0) is 26.1 Å². The fourth-order valence-corrected chi connectivity index (χ4v) is 3.10. The molecule has 0 aliphatic carbocycles. The summed E-state index contributed by atoms with van der Waals surface area (Å²) in [4.78, 5) is 6.72. The third-order valence-corrected chi connectivity index (χ3v) is 4.61. The van der Waals surface area contributed by atoms with E-state index in [4.69, 9.17) is 9.26 Å². The molecule has 2 aromatic carbocycles. The number of aromatic nitrogens is 4. The van der Waals surface area contributed by atoms with Crippen molar-refractivity contribution in [2.24, 2.45) is 0 Å². The third kappa shape index (κ3) is 4.93. The summed E-state index contributed by atoms with van der Waals surface area (Å²) in [5, 5.41) is 8.78. The van der Waals surface area contributed by atoms with E-state index in [9.17, 15) is 0 Å². The molecular formula is C23H25N5O2. The summed E-state index contributed by atoms with van der Waals surface area (Å²) in [7, 11) is 4.10. The Morgan fingerprint density at radius 1 is 1.00 bits per heavy atom. The smallest absolute Gasteiger partial charge is 0.276 e. The SMILES string of the molecule is CN(C)CCCOc1cc(-c2nc(-c3ccccc3)no2)n(Cc2ccccc2)n1. The largest absolute Gasteiger partial charge is 0.477 e. The molecule has 154 valence electrons. The van der Waals surface area contributed by atoms with Gasteiger partial charge in [-0.3, -0.25) is 4.68 Å². The average molecular weight is 403 g/mol. The number of hydrogen-bond donors (Lipinski definition) is 0. The normalized spacial score (nSPS) is 11.2. The molecular weight excluding hydrogens is 378 g/mol. The number of benzene rings is 2. The summed E-state index contributed by atoms with van der Waals surface area (Å²) in [5.74, 6) is 1.52. The number of nitrogens with zero attached hydrogens (tertiary/aromatic N) is 5. The molecule has 30 heavy (non-hydrogen) atoms. The maximum Gasteiger partial charge on any atom is 0.276 e. The highest BCUT2D eigenvalue weighted by Crippen LogP contribution is 2.26. The second-order valence-electron chi connectivity index (χ2n) is 7.31. The second kappa shape index (κ2) is 9.37. The Bertz CT molecular complexity index is 1060. The minimum atomic E-state index is 0.417. The molecule has 0 spiro atoms. The first-order valence-corrected chi connectivity index (χ1v) is 9.98. The molecule has 0 N–H and O–H groups in total. The van der Waals surface area contributed by atoms with Crippen molar-refractivity contribution in [1.82, 2.24) is 24.8 Å². The van der Waals surface area contributed by atoms with Gasteiger partial charge in [-0.1, -0.05) is 65.8 Å². The molecule has 2 aromatic heterocycles. The predicted octanol–water partition coefficient (Wildman–Crippen LogP) is 3.98. The van der Waals surface area contributed by atoms with Gasteiger partial charge < -0.3 is 14.2 Å². The summed E-state index contributed by atoms with van der Waals surface area (Å²) in [5.41, 5.74) is 2.77. The minimum absolute atomic E-state index is 0.417. The van der Waals surface area contributed by atoms with Crippen LogP contribution in [0.4, 0.5) is 0 Å². The Kier molecular flexibility index (Phi) is 6.20. The number of rotatable bonds is 9. The second-order valence-corrected chi connectivity index (χ2v) is 7.31. The van der Waals surface area contributed by atoms with Crippen molar-refractivity contribution in [3.8, 4) is 28.9 Å². The van der Waals surface area contributed by atoms with Gasteiger partial charge in [0.1, 0.15) is 5.69 Å². The predicted molar refractivity (Wildman–Crippen MR) is 115 cm³/mol. The lowest BCUT2D eigenvalue weighted by Crippen LogP contribution is -2.15. The van der Waals surface area contributed by atoms with Crippen LogP contribution >= 0.6 is 0 Å². The van der Waals surface area contributed by atoms with Crippen LogP contribution in [0.25, 0.3) is 23.0 Å². The lowest BCUT2D eigenvalue weighted by Gasteiger charge is -2.08. The first-order chi connectivity index (χ1) is 14.7. The van der Waals surface area contributed by atoms with Crippen molar-refractivity contribution in [2.45, 2.75) is 13.0 Å². The van der Waals surface area contributed by atoms with Gasteiger partial charge in [0, 0.05) is 18.2 Å². The summed E-state index contributed by atoms with van der Waals surface area (Å²) < 4.78 is 13.3. The van der Waals surface area contributed by atoms with Crippen molar-refractivity contribution in [1.29, 1.82) is 0 Å². The fourth-order valence-electron chi connectivity index (χ4n) is 3.10. The number of ether oxygens (including phenoxy) is 1. The van der Waals surface area contributed by atoms with Crippen LogP contribution in [0.5, 0.6) is 5.88 Å². The first kappa shape index (κ1) is 19.8. The maximum absolute atomic E-state index is 5.88. The van der Waals surface area contributed by atoms with E-state index in [1.165, 1.54) is 0 Å². The van der Waals surface area contributed by atoms with E-state index in [-0.39, 0.29) is 0 Å². The molecule has 4 aromatic rings. The quantitative estimate of drug-likeness (QED) is 0.394. The Balaban J connectivity index is 1.59. The minimum Gasteiger partial charge on any atom is -0.477 e. The highest BCUT2D eigenvalue weighted by Gasteiger charge is 2.18. The van der Waals surface area contributed by atoms with Gasteiger partial charge in [0.05, 0.1) is 13.2 Å². The molecule has 0 aliphatic rings. The highest BCUT2D eigenvalue weighted by atomic mass is 16.5. The fraction of sp³-hybridized carbons (Fsp3) is 0.261. The van der Waals surface area contributed by atoms with Crippen LogP contribution < -0.4 is 4.74 Å². The summed E-state index contributed by atoms with van der Waals surface area (Å²) >= 11 is 0. The monoisotopic (exact) mass is 403 g/mol. The molecule has 4 rings (SSSR count). The topological polar surface area (TPSA) is 69.2 Å². The van der Waals surface area contributed by atoms with Crippen molar-refractivity contribution in [3.63, 3.8) is 0 Å². The van der Waals surface area contributed by atoms with Crippen LogP contribution in [0.15, 0.2) is 71.3 Å². The van der Waals surface area contributed by atoms with Crippen LogP contribution in [0.3, 0.4) is 0 Å². The van der Waals surface area contributed by atoms with Crippen LogP contribution in [-0.4, -0.2) is 52.1 Å². The van der Waals surface area contributed by atoms with E-state index in [0.717, 1.165) is 29.8 Å². The Hall–Kier alpha value is -3.45. The molecule has 0 unspecified atom stereocenters. The molecule has 0 amide bonds. The zero-order valence-electron chi connectivity index (χ0n) is 17.2. The lowest BCUT2D eigenvalue weighted by atomic mass is 10.2. The third-order valence-electron chi connectivity index (χ3n) is 4.61. The van der Waals surface area contributed by atoms with E-state index < -0.39 is 0 Å². The average Bonchev–Trinajstić information content (AvgIpc) is 3.40. The van der Waals surface area contributed by atoms with Gasteiger partial charge in [0.25, 0.3) is 5.89 Å². The van der Waals surface area contributed by atoms with Gasteiger partial charge in [-0.25, -0.2) is 0 Å². The lowest BCUT2D eigenvalue weighted by molar-refractivity contribution is 0.270. The van der Waals surface area contributed by atoms with Crippen LogP contribution in [0.1, 0.15) is 12.0 Å². The molecule has 0 fully saturated rings. The Labute approximate surface area is 175 Å². The zero-order valence-corrected chi connectivity index (χ0v) is 17.2. The van der Waals surface area contributed by atoms with Gasteiger partial charge in [0.15, 0.2) is 0 Å². The molecule has 0 atom stereocenters. The first-order valence-electron chi connectivity index (χ1n) is 9.98. The maximum atomic E-state index is 5.88. The van der Waals surface area contributed by atoms with E-state index in [1.54, 1.807) is 0 Å². The van der Waals surface area contributed by atoms with Gasteiger partial charge in [-0.2, -0.15) is 4.98 Å². The van der Waals surface area contributed by atoms with Gasteiger partial charge in [0.2, 0.25) is 11.7 Å². The molecule has 7 heteroatoms. The molecule has 0 radical (unpaired) electrons. The van der Waals surface area contributed by atoms with Crippen molar-refractivity contribution in [3.05, 3.63) is 72.3 Å². The van der Waals surface area contributed by atoms with Crippen molar-refractivity contribution < 1.29 is 9.26 Å². The van der Waals surface area contributed by atoms with E-state index in [0.29, 0.717) is 30.7 Å². The Morgan fingerprint density at radius 2 is 1.73 bits per heavy atom. The van der Waals surface area contributed by atoms with E-state index in [2.05, 4.69) is 32.3 Å². The standard InChI is InChI=1S/C23H25N5O2/c1-27(2)14-9-15-29-21-16-20(28(25-21)17-18-10-5-3-6-11-18)23-24-22(26-30-23)19-12-7-4-8-13-19/h3-8,10-13,16H,9,14-15,17H2,1-2H3.